The second-order valence-corrected chi connectivity index (χ2v) is 10.3. The van der Waals surface area contributed by atoms with Gasteiger partial charge in [0, 0.05) is 18.1 Å². The summed E-state index contributed by atoms with van der Waals surface area (Å²) < 4.78 is 14.1. The van der Waals surface area contributed by atoms with Crippen LogP contribution in [0.5, 0.6) is 0 Å². The van der Waals surface area contributed by atoms with Crippen molar-refractivity contribution in [3.8, 4) is 0 Å². The summed E-state index contributed by atoms with van der Waals surface area (Å²) in [5, 5.41) is 13.4. The van der Waals surface area contributed by atoms with E-state index in [0.717, 1.165) is 11.8 Å². The largest absolute Gasteiger partial charge is 0.351 e. The van der Waals surface area contributed by atoms with Gasteiger partial charge in [0.25, 0.3) is 11.8 Å². The molecule has 0 aliphatic carbocycles. The summed E-state index contributed by atoms with van der Waals surface area (Å²) >= 11 is 1.28. The SMILES string of the molecule is CC[C@H]1NC(=O)[C@@H](NC(=O)c2ccncc2F)CCCCNC(=O)c2csc(n2)[C@H](Cc2ccccc2)NC1=O. The predicted octanol–water partition coefficient (Wildman–Crippen LogP) is 2.68. The van der Waals surface area contributed by atoms with Crippen LogP contribution in [0.4, 0.5) is 4.39 Å². The number of amides is 4. The average molecular weight is 567 g/mol. The van der Waals surface area contributed by atoms with Crippen LogP contribution in [-0.2, 0) is 16.0 Å². The first-order valence-electron chi connectivity index (χ1n) is 13.1. The maximum absolute atomic E-state index is 14.1. The summed E-state index contributed by atoms with van der Waals surface area (Å²) in [6, 6.07) is 8.34. The second-order valence-electron chi connectivity index (χ2n) is 9.42. The molecule has 40 heavy (non-hydrogen) atoms. The third kappa shape index (κ3) is 7.47. The monoisotopic (exact) mass is 566 g/mol. The number of nitrogens with one attached hydrogen (secondary N) is 4. The second kappa shape index (κ2) is 13.7. The zero-order valence-corrected chi connectivity index (χ0v) is 22.8. The van der Waals surface area contributed by atoms with Gasteiger partial charge in [-0.15, -0.1) is 11.3 Å². The average Bonchev–Trinajstić information content (AvgIpc) is 3.45. The summed E-state index contributed by atoms with van der Waals surface area (Å²) in [4.78, 5) is 60.3. The fraction of sp³-hybridized carbons (Fsp3) is 0.357. The summed E-state index contributed by atoms with van der Waals surface area (Å²) in [5.41, 5.74) is 0.994. The summed E-state index contributed by atoms with van der Waals surface area (Å²) in [6.07, 6.45) is 4.15. The third-order valence-corrected chi connectivity index (χ3v) is 7.50. The number of rotatable bonds is 5. The highest BCUT2D eigenvalue weighted by Gasteiger charge is 2.29. The van der Waals surface area contributed by atoms with Gasteiger partial charge in [-0.1, -0.05) is 37.3 Å². The van der Waals surface area contributed by atoms with E-state index in [2.05, 4.69) is 31.2 Å². The number of carbonyl (C=O) groups excluding carboxylic acids is 4. The number of aromatic nitrogens is 2. The zero-order chi connectivity index (χ0) is 28.5. The van der Waals surface area contributed by atoms with Crippen molar-refractivity contribution in [3.05, 3.63) is 81.8 Å². The Kier molecular flexibility index (Phi) is 9.90. The quantitative estimate of drug-likeness (QED) is 0.374. The Morgan fingerprint density at radius 2 is 1.85 bits per heavy atom. The summed E-state index contributed by atoms with van der Waals surface area (Å²) in [6.45, 7) is 2.11. The molecule has 0 saturated heterocycles. The zero-order valence-electron chi connectivity index (χ0n) is 22.0. The molecule has 10 nitrogen and oxygen atoms in total. The van der Waals surface area contributed by atoms with Gasteiger partial charge in [-0.2, -0.15) is 0 Å². The molecule has 4 amide bonds. The molecule has 1 aliphatic rings. The van der Waals surface area contributed by atoms with Crippen LogP contribution >= 0.6 is 11.3 Å². The molecule has 3 atom stereocenters. The Balaban J connectivity index is 1.57. The number of thiazole rings is 1. The molecule has 0 saturated carbocycles. The molecule has 0 fully saturated rings. The lowest BCUT2D eigenvalue weighted by molar-refractivity contribution is -0.130. The van der Waals surface area contributed by atoms with Crippen LogP contribution < -0.4 is 21.3 Å². The van der Waals surface area contributed by atoms with E-state index in [1.54, 1.807) is 12.3 Å². The molecule has 0 spiro atoms. The minimum absolute atomic E-state index is 0.218. The first kappa shape index (κ1) is 28.8. The van der Waals surface area contributed by atoms with E-state index in [1.165, 1.54) is 23.6 Å². The molecule has 4 N–H and O–H groups in total. The molecule has 2 aromatic heterocycles. The molecule has 3 heterocycles. The highest BCUT2D eigenvalue weighted by molar-refractivity contribution is 7.09. The van der Waals surface area contributed by atoms with E-state index in [0.29, 0.717) is 37.2 Å². The molecule has 0 radical (unpaired) electrons. The fourth-order valence-electron chi connectivity index (χ4n) is 4.33. The Hall–Kier alpha value is -4.19. The predicted molar refractivity (Wildman–Crippen MR) is 147 cm³/mol. The van der Waals surface area contributed by atoms with E-state index in [-0.39, 0.29) is 23.6 Å². The molecule has 0 unspecified atom stereocenters. The lowest BCUT2D eigenvalue weighted by atomic mass is 10.0. The Morgan fingerprint density at radius 3 is 2.60 bits per heavy atom. The van der Waals surface area contributed by atoms with Crippen LogP contribution in [0.3, 0.4) is 0 Å². The van der Waals surface area contributed by atoms with Crippen molar-refractivity contribution in [1.29, 1.82) is 0 Å². The van der Waals surface area contributed by atoms with E-state index >= 15 is 0 Å². The van der Waals surface area contributed by atoms with E-state index < -0.39 is 41.7 Å². The highest BCUT2D eigenvalue weighted by Crippen LogP contribution is 2.23. The summed E-state index contributed by atoms with van der Waals surface area (Å²) in [7, 11) is 0. The Morgan fingerprint density at radius 1 is 1.07 bits per heavy atom. The number of pyridine rings is 1. The van der Waals surface area contributed by atoms with Crippen molar-refractivity contribution in [1.82, 2.24) is 31.2 Å². The third-order valence-electron chi connectivity index (χ3n) is 6.54. The van der Waals surface area contributed by atoms with Gasteiger partial charge in [-0.3, -0.25) is 24.2 Å². The molecule has 1 aliphatic heterocycles. The topological polar surface area (TPSA) is 142 Å². The molecule has 4 rings (SSSR count). The normalized spacial score (nSPS) is 20.6. The molecule has 210 valence electrons. The maximum Gasteiger partial charge on any atom is 0.270 e. The molecule has 2 bridgehead atoms. The molecular formula is C28H31FN6O4S. The lowest BCUT2D eigenvalue weighted by Crippen LogP contribution is -2.54. The number of hydrogen-bond donors (Lipinski definition) is 4. The van der Waals surface area contributed by atoms with Crippen LogP contribution in [0.2, 0.25) is 0 Å². The van der Waals surface area contributed by atoms with Gasteiger partial charge in [-0.05, 0) is 43.7 Å². The van der Waals surface area contributed by atoms with E-state index in [9.17, 15) is 23.6 Å². The van der Waals surface area contributed by atoms with Crippen molar-refractivity contribution in [2.75, 3.05) is 6.54 Å². The molecule has 3 aromatic rings. The number of nitrogens with zero attached hydrogens (tertiary/aromatic N) is 2. The Labute approximate surface area is 235 Å². The van der Waals surface area contributed by atoms with Crippen LogP contribution in [0.1, 0.15) is 70.1 Å². The van der Waals surface area contributed by atoms with Gasteiger partial charge in [-0.25, -0.2) is 9.37 Å². The molecule has 1 aromatic carbocycles. The highest BCUT2D eigenvalue weighted by atomic mass is 32.1. The maximum atomic E-state index is 14.1. The van der Waals surface area contributed by atoms with Gasteiger partial charge < -0.3 is 21.3 Å². The minimum atomic E-state index is -1.02. The van der Waals surface area contributed by atoms with Crippen LogP contribution in [-0.4, -0.2) is 52.2 Å². The van der Waals surface area contributed by atoms with Gasteiger partial charge in [0.15, 0.2) is 5.82 Å². The molecular weight excluding hydrogens is 535 g/mol. The van der Waals surface area contributed by atoms with Crippen LogP contribution in [0.25, 0.3) is 0 Å². The first-order valence-corrected chi connectivity index (χ1v) is 14.0. The van der Waals surface area contributed by atoms with Crippen molar-refractivity contribution < 1.29 is 23.6 Å². The van der Waals surface area contributed by atoms with E-state index in [1.807, 2.05) is 30.3 Å². The van der Waals surface area contributed by atoms with E-state index in [4.69, 9.17) is 0 Å². The smallest absolute Gasteiger partial charge is 0.270 e. The van der Waals surface area contributed by atoms with Gasteiger partial charge >= 0.3 is 0 Å². The van der Waals surface area contributed by atoms with Crippen molar-refractivity contribution >= 4 is 35.0 Å². The number of carbonyl (C=O) groups is 4. The van der Waals surface area contributed by atoms with Crippen molar-refractivity contribution in [2.24, 2.45) is 0 Å². The van der Waals surface area contributed by atoms with Crippen LogP contribution in [0.15, 0.2) is 54.2 Å². The van der Waals surface area contributed by atoms with Gasteiger partial charge in [0.2, 0.25) is 11.8 Å². The standard InChI is InChI=1S/C28H31FN6O4S/c1-2-20-26(38)34-22(14-17-8-4-3-5-9-17)28-35-23(16-40-28)25(37)31-12-7-6-10-21(27(39)32-20)33-24(36)18-11-13-30-15-19(18)29/h3-5,8-9,11,13,15-16,20-22H,2,6-7,10,12,14H2,1H3,(H,31,37)(H,32,39)(H,33,36)(H,34,38)/t20-,21+,22+/m1/s1. The fourth-order valence-corrected chi connectivity index (χ4v) is 5.18. The summed E-state index contributed by atoms with van der Waals surface area (Å²) in [5.74, 6) is -2.88. The Bertz CT molecular complexity index is 1350. The van der Waals surface area contributed by atoms with Crippen molar-refractivity contribution in [3.63, 3.8) is 0 Å². The van der Waals surface area contributed by atoms with Crippen LogP contribution in [0, 0.1) is 5.82 Å². The first-order chi connectivity index (χ1) is 19.4. The minimum Gasteiger partial charge on any atom is -0.351 e. The number of benzene rings is 1. The van der Waals surface area contributed by atoms with Gasteiger partial charge in [0.1, 0.15) is 22.8 Å². The lowest BCUT2D eigenvalue weighted by Gasteiger charge is -2.25. The van der Waals surface area contributed by atoms with Gasteiger partial charge in [0.05, 0.1) is 17.8 Å². The van der Waals surface area contributed by atoms with Crippen molar-refractivity contribution in [2.45, 2.75) is 57.2 Å². The number of halogens is 1. The number of fused-ring (bicyclic) bond motifs is 2. The molecule has 12 heteroatoms. The number of hydrogen-bond acceptors (Lipinski definition) is 7.